The van der Waals surface area contributed by atoms with Crippen molar-refractivity contribution in [3.05, 3.63) is 51.5 Å². The first-order chi connectivity index (χ1) is 11.1. The van der Waals surface area contributed by atoms with Gasteiger partial charge in [0.15, 0.2) is 5.82 Å². The first kappa shape index (κ1) is 14.4. The average Bonchev–Trinajstić information content (AvgIpc) is 3.26. The lowest BCUT2D eigenvalue weighted by Crippen LogP contribution is -1.99. The summed E-state index contributed by atoms with van der Waals surface area (Å²) in [6.07, 6.45) is 0. The van der Waals surface area contributed by atoms with E-state index >= 15 is 0 Å². The first-order valence-electron chi connectivity index (χ1n) is 7.24. The van der Waals surface area contributed by atoms with Gasteiger partial charge < -0.3 is 4.52 Å². The molecule has 0 N–H and O–H groups in total. The van der Waals surface area contributed by atoms with E-state index in [1.165, 1.54) is 5.56 Å². The van der Waals surface area contributed by atoms with Gasteiger partial charge in [0.1, 0.15) is 10.8 Å². The van der Waals surface area contributed by atoms with Crippen LogP contribution in [0.2, 0.25) is 0 Å². The second-order valence-corrected chi connectivity index (χ2v) is 7.10. The molecule has 0 aliphatic heterocycles. The molecule has 4 aromatic rings. The van der Waals surface area contributed by atoms with Crippen LogP contribution in [0.15, 0.2) is 38.9 Å². The highest BCUT2D eigenvalue weighted by Gasteiger charge is 2.17. The molecule has 0 radical (unpaired) electrons. The maximum absolute atomic E-state index is 5.21. The third-order valence-corrected chi connectivity index (χ3v) is 5.40. The highest BCUT2D eigenvalue weighted by molar-refractivity contribution is 7.14. The zero-order chi connectivity index (χ0) is 16.0. The van der Waals surface area contributed by atoms with E-state index in [1.54, 1.807) is 22.7 Å². The Labute approximate surface area is 142 Å². The van der Waals surface area contributed by atoms with Gasteiger partial charge in [-0.25, -0.2) is 4.98 Å². The minimum absolute atomic E-state index is 0.808. The first-order valence-corrected chi connectivity index (χ1v) is 9.07. The fourth-order valence-electron chi connectivity index (χ4n) is 2.75. The summed E-state index contributed by atoms with van der Waals surface area (Å²) in [5, 5.41) is 11.5. The Morgan fingerprint density at radius 2 is 2.00 bits per heavy atom. The van der Waals surface area contributed by atoms with E-state index in [2.05, 4.69) is 51.8 Å². The molecule has 0 saturated heterocycles. The molecular weight excluding hydrogens is 326 g/mol. The predicted octanol–water partition coefficient (Wildman–Crippen LogP) is 5.24. The number of hydrogen-bond donors (Lipinski definition) is 0. The summed E-state index contributed by atoms with van der Waals surface area (Å²) in [5.41, 5.74) is 5.58. The van der Waals surface area contributed by atoms with E-state index < -0.39 is 0 Å². The number of thiazole rings is 1. The fourth-order valence-corrected chi connectivity index (χ4v) is 4.28. The quantitative estimate of drug-likeness (QED) is 0.511. The molecule has 116 valence electrons. The Hall–Kier alpha value is -2.18. The molecular formula is C17H15N3OS2. The van der Waals surface area contributed by atoms with E-state index in [0.29, 0.717) is 0 Å². The van der Waals surface area contributed by atoms with Gasteiger partial charge in [-0.15, -0.1) is 11.3 Å². The smallest absolute Gasteiger partial charge is 0.180 e. The van der Waals surface area contributed by atoms with Crippen molar-refractivity contribution in [1.82, 2.24) is 14.7 Å². The van der Waals surface area contributed by atoms with Crippen molar-refractivity contribution in [2.24, 2.45) is 0 Å². The molecule has 0 fully saturated rings. The van der Waals surface area contributed by atoms with Gasteiger partial charge in [0, 0.05) is 39.3 Å². The highest BCUT2D eigenvalue weighted by atomic mass is 32.1. The summed E-state index contributed by atoms with van der Waals surface area (Å²) in [6.45, 7) is 6.07. The Morgan fingerprint density at radius 3 is 2.70 bits per heavy atom. The van der Waals surface area contributed by atoms with E-state index in [1.807, 2.05) is 13.0 Å². The van der Waals surface area contributed by atoms with Crippen molar-refractivity contribution in [2.45, 2.75) is 20.8 Å². The van der Waals surface area contributed by atoms with E-state index in [-0.39, 0.29) is 0 Å². The fraction of sp³-hybridized carbons (Fsp3) is 0.176. The molecule has 0 aliphatic carbocycles. The van der Waals surface area contributed by atoms with Gasteiger partial charge in [0.05, 0.1) is 5.69 Å². The molecule has 4 heterocycles. The van der Waals surface area contributed by atoms with Crippen molar-refractivity contribution in [2.75, 3.05) is 0 Å². The van der Waals surface area contributed by atoms with Crippen LogP contribution in [0, 0.1) is 20.8 Å². The Kier molecular flexibility index (Phi) is 3.43. The summed E-state index contributed by atoms with van der Waals surface area (Å²) in [6, 6.07) is 6.21. The van der Waals surface area contributed by atoms with Gasteiger partial charge in [-0.1, -0.05) is 5.16 Å². The van der Waals surface area contributed by atoms with Crippen molar-refractivity contribution < 1.29 is 4.52 Å². The lowest BCUT2D eigenvalue weighted by Gasteiger charge is -2.04. The van der Waals surface area contributed by atoms with Gasteiger partial charge in [0.2, 0.25) is 0 Å². The second-order valence-electron chi connectivity index (χ2n) is 5.47. The number of aryl methyl sites for hydroxylation is 2. The molecule has 0 aliphatic rings. The van der Waals surface area contributed by atoms with Crippen LogP contribution in [0.5, 0.6) is 0 Å². The monoisotopic (exact) mass is 341 g/mol. The molecule has 0 bridgehead atoms. The molecule has 0 amide bonds. The maximum atomic E-state index is 5.21. The molecule has 6 heteroatoms. The number of nitrogens with zero attached hydrogens (tertiary/aromatic N) is 3. The number of rotatable bonds is 3. The van der Waals surface area contributed by atoms with Crippen molar-refractivity contribution in [3.8, 4) is 27.6 Å². The van der Waals surface area contributed by atoms with Crippen LogP contribution in [-0.4, -0.2) is 14.7 Å². The molecule has 4 rings (SSSR count). The van der Waals surface area contributed by atoms with Gasteiger partial charge in [-0.3, -0.25) is 4.57 Å². The molecule has 0 atom stereocenters. The summed E-state index contributed by atoms with van der Waals surface area (Å²) in [4.78, 5) is 4.81. The molecule has 4 nitrogen and oxygen atoms in total. The minimum atomic E-state index is 0.808. The number of thiophene rings is 1. The summed E-state index contributed by atoms with van der Waals surface area (Å²) >= 11 is 3.37. The second kappa shape index (κ2) is 5.47. The Morgan fingerprint density at radius 1 is 1.13 bits per heavy atom. The molecule has 4 aromatic heterocycles. The van der Waals surface area contributed by atoms with Gasteiger partial charge >= 0.3 is 0 Å². The number of aromatic nitrogens is 3. The van der Waals surface area contributed by atoms with Gasteiger partial charge in [0.25, 0.3) is 0 Å². The molecule has 0 aromatic carbocycles. The molecule has 23 heavy (non-hydrogen) atoms. The van der Waals surface area contributed by atoms with Crippen LogP contribution in [0.3, 0.4) is 0 Å². The topological polar surface area (TPSA) is 43.9 Å². The normalized spacial score (nSPS) is 11.3. The minimum Gasteiger partial charge on any atom is -0.360 e. The van der Waals surface area contributed by atoms with Gasteiger partial charge in [-0.2, -0.15) is 11.3 Å². The Balaban J connectivity index is 1.79. The van der Waals surface area contributed by atoms with Gasteiger partial charge in [-0.05, 0) is 38.3 Å². The molecule has 0 spiro atoms. The lowest BCUT2D eigenvalue weighted by atomic mass is 10.2. The zero-order valence-corrected chi connectivity index (χ0v) is 14.7. The number of hydrogen-bond acceptors (Lipinski definition) is 5. The van der Waals surface area contributed by atoms with Crippen LogP contribution in [0.25, 0.3) is 27.6 Å². The Bertz CT molecular complexity index is 960. The molecule has 0 unspecified atom stereocenters. The highest BCUT2D eigenvalue weighted by Crippen LogP contribution is 2.33. The van der Waals surface area contributed by atoms with Crippen LogP contribution in [-0.2, 0) is 0 Å². The summed E-state index contributed by atoms with van der Waals surface area (Å²) < 4.78 is 7.32. The van der Waals surface area contributed by atoms with Crippen LogP contribution in [0.4, 0.5) is 0 Å². The SMILES string of the molecule is Cc1cc(-n2c(C)cc(-c3csc(-c4ccsc4)n3)c2C)no1. The largest absolute Gasteiger partial charge is 0.360 e. The van der Waals surface area contributed by atoms with Crippen molar-refractivity contribution >= 4 is 22.7 Å². The molecule has 0 saturated carbocycles. The average molecular weight is 341 g/mol. The standard InChI is InChI=1S/C17H15N3OS2/c1-10-6-14(12(3)20(10)16-7-11(2)21-19-16)15-9-23-17(18-15)13-4-5-22-8-13/h4-9H,1-3H3. The third-order valence-electron chi connectivity index (χ3n) is 3.82. The van der Waals surface area contributed by atoms with Crippen LogP contribution in [0.1, 0.15) is 17.1 Å². The summed E-state index contributed by atoms with van der Waals surface area (Å²) in [7, 11) is 0. The van der Waals surface area contributed by atoms with E-state index in [4.69, 9.17) is 9.51 Å². The van der Waals surface area contributed by atoms with Crippen molar-refractivity contribution in [1.29, 1.82) is 0 Å². The van der Waals surface area contributed by atoms with Crippen LogP contribution >= 0.6 is 22.7 Å². The summed E-state index contributed by atoms with van der Waals surface area (Å²) in [5.74, 6) is 1.62. The van der Waals surface area contributed by atoms with E-state index in [0.717, 1.165) is 39.2 Å². The van der Waals surface area contributed by atoms with Crippen molar-refractivity contribution in [3.63, 3.8) is 0 Å². The lowest BCUT2D eigenvalue weighted by molar-refractivity contribution is 0.394. The van der Waals surface area contributed by atoms with Crippen LogP contribution < -0.4 is 0 Å². The van der Waals surface area contributed by atoms with E-state index in [9.17, 15) is 0 Å². The maximum Gasteiger partial charge on any atom is 0.180 e. The zero-order valence-electron chi connectivity index (χ0n) is 13.0. The third kappa shape index (κ3) is 2.44. The predicted molar refractivity (Wildman–Crippen MR) is 94.5 cm³/mol.